The number of hydrogen-bond donors (Lipinski definition) is 2. The van der Waals surface area contributed by atoms with Gasteiger partial charge in [-0.2, -0.15) is 5.10 Å². The molecule has 2 heterocycles. The number of hydrogen-bond acceptors (Lipinski definition) is 5. The van der Waals surface area contributed by atoms with Gasteiger partial charge in [-0.15, -0.1) is 11.3 Å². The van der Waals surface area contributed by atoms with E-state index in [2.05, 4.69) is 15.7 Å². The van der Waals surface area contributed by atoms with E-state index < -0.39 is 9.84 Å². The zero-order valence-electron chi connectivity index (χ0n) is 13.3. The Kier molecular flexibility index (Phi) is 4.86. The summed E-state index contributed by atoms with van der Waals surface area (Å²) >= 11 is 1.56. The second-order valence-electron chi connectivity index (χ2n) is 5.30. The van der Waals surface area contributed by atoms with Gasteiger partial charge in [0.05, 0.1) is 35.2 Å². The molecule has 0 aliphatic carbocycles. The first-order valence-electron chi connectivity index (χ1n) is 7.35. The molecule has 2 N–H and O–H groups in total. The molecule has 3 aromatic rings. The SMILES string of the molecule is CS(=O)(=O)c1ccccc1-n1cc(NC(=O)NCc2cccs2)cn1. The molecule has 0 saturated carbocycles. The van der Waals surface area contributed by atoms with Crippen LogP contribution in [0.4, 0.5) is 10.5 Å². The Hall–Kier alpha value is -2.65. The molecule has 3 rings (SSSR count). The van der Waals surface area contributed by atoms with Crippen molar-refractivity contribution in [2.24, 2.45) is 0 Å². The van der Waals surface area contributed by atoms with Gasteiger partial charge in [-0.1, -0.05) is 18.2 Å². The average molecular weight is 376 g/mol. The summed E-state index contributed by atoms with van der Waals surface area (Å²) in [4.78, 5) is 13.2. The Labute approximate surface area is 149 Å². The zero-order chi connectivity index (χ0) is 17.9. The van der Waals surface area contributed by atoms with Crippen molar-refractivity contribution in [2.75, 3.05) is 11.6 Å². The number of anilines is 1. The molecule has 1 aromatic carbocycles. The summed E-state index contributed by atoms with van der Waals surface area (Å²) in [7, 11) is -3.39. The van der Waals surface area contributed by atoms with E-state index in [-0.39, 0.29) is 10.9 Å². The van der Waals surface area contributed by atoms with Crippen molar-refractivity contribution < 1.29 is 13.2 Å². The van der Waals surface area contributed by atoms with Crippen LogP contribution < -0.4 is 10.6 Å². The van der Waals surface area contributed by atoms with Crippen LogP contribution in [0.3, 0.4) is 0 Å². The van der Waals surface area contributed by atoms with Gasteiger partial charge in [-0.3, -0.25) is 0 Å². The molecule has 0 aliphatic rings. The standard InChI is InChI=1S/C16H16N4O3S2/c1-25(22,23)15-7-3-2-6-14(15)20-11-12(9-18-20)19-16(21)17-10-13-5-4-8-24-13/h2-9,11H,10H2,1H3,(H2,17,19,21). The molecule has 0 aliphatic heterocycles. The minimum Gasteiger partial charge on any atom is -0.333 e. The van der Waals surface area contributed by atoms with Gasteiger partial charge in [0, 0.05) is 11.1 Å². The summed E-state index contributed by atoms with van der Waals surface area (Å²) in [5.74, 6) is 0. The fraction of sp³-hybridized carbons (Fsp3) is 0.125. The highest BCUT2D eigenvalue weighted by atomic mass is 32.2. The molecule has 0 unspecified atom stereocenters. The first-order valence-corrected chi connectivity index (χ1v) is 10.1. The largest absolute Gasteiger partial charge is 0.333 e. The summed E-state index contributed by atoms with van der Waals surface area (Å²) in [6.45, 7) is 0.439. The molecule has 0 radical (unpaired) electrons. The lowest BCUT2D eigenvalue weighted by Crippen LogP contribution is -2.27. The monoisotopic (exact) mass is 376 g/mol. The van der Waals surface area contributed by atoms with Crippen molar-refractivity contribution >= 4 is 32.9 Å². The summed E-state index contributed by atoms with van der Waals surface area (Å²) in [6.07, 6.45) is 4.17. The molecule has 0 saturated heterocycles. The number of aromatic nitrogens is 2. The number of carbonyl (C=O) groups is 1. The number of sulfone groups is 1. The predicted octanol–water partition coefficient (Wildman–Crippen LogP) is 2.66. The van der Waals surface area contributed by atoms with Crippen molar-refractivity contribution in [3.63, 3.8) is 0 Å². The van der Waals surface area contributed by atoms with Gasteiger partial charge < -0.3 is 10.6 Å². The van der Waals surface area contributed by atoms with Crippen molar-refractivity contribution in [2.45, 2.75) is 11.4 Å². The van der Waals surface area contributed by atoms with Gasteiger partial charge in [-0.05, 0) is 23.6 Å². The van der Waals surface area contributed by atoms with Crippen molar-refractivity contribution in [3.8, 4) is 5.69 Å². The molecule has 9 heteroatoms. The van der Waals surface area contributed by atoms with E-state index >= 15 is 0 Å². The molecular weight excluding hydrogens is 360 g/mol. The molecule has 0 spiro atoms. The van der Waals surface area contributed by atoms with Crippen LogP contribution >= 0.6 is 11.3 Å². The third kappa shape index (κ3) is 4.25. The molecule has 130 valence electrons. The van der Waals surface area contributed by atoms with E-state index in [1.54, 1.807) is 35.7 Å². The van der Waals surface area contributed by atoms with Crippen LogP contribution in [0.25, 0.3) is 5.69 Å². The quantitative estimate of drug-likeness (QED) is 0.716. The minimum absolute atomic E-state index is 0.173. The fourth-order valence-corrected chi connectivity index (χ4v) is 3.75. The number of nitrogens with one attached hydrogen (secondary N) is 2. The van der Waals surface area contributed by atoms with Crippen LogP contribution in [0, 0.1) is 0 Å². The zero-order valence-corrected chi connectivity index (χ0v) is 15.0. The van der Waals surface area contributed by atoms with Gasteiger partial charge in [0.2, 0.25) is 0 Å². The maximum Gasteiger partial charge on any atom is 0.319 e. The first-order chi connectivity index (χ1) is 11.9. The Balaban J connectivity index is 1.72. The van der Waals surface area contributed by atoms with Crippen LogP contribution in [0.1, 0.15) is 4.88 Å². The van der Waals surface area contributed by atoms with Crippen molar-refractivity contribution in [1.29, 1.82) is 0 Å². The van der Waals surface area contributed by atoms with Crippen molar-refractivity contribution in [3.05, 3.63) is 59.0 Å². The Bertz CT molecular complexity index is 978. The van der Waals surface area contributed by atoms with Crippen LogP contribution in [0.15, 0.2) is 59.1 Å². The lowest BCUT2D eigenvalue weighted by Gasteiger charge is -2.07. The molecule has 0 atom stereocenters. The highest BCUT2D eigenvalue weighted by molar-refractivity contribution is 7.90. The van der Waals surface area contributed by atoms with E-state index in [1.807, 2.05) is 17.5 Å². The highest BCUT2D eigenvalue weighted by Crippen LogP contribution is 2.20. The van der Waals surface area contributed by atoms with Crippen LogP contribution in [-0.4, -0.2) is 30.5 Å². The molecule has 7 nitrogen and oxygen atoms in total. The Morgan fingerprint density at radius 1 is 1.24 bits per heavy atom. The number of amides is 2. The summed E-state index contributed by atoms with van der Waals surface area (Å²) in [6, 6.07) is 10.1. The van der Waals surface area contributed by atoms with E-state index in [4.69, 9.17) is 0 Å². The maximum absolute atomic E-state index is 11.9. The number of benzene rings is 1. The number of para-hydroxylation sites is 1. The van der Waals surface area contributed by atoms with Gasteiger partial charge in [-0.25, -0.2) is 17.9 Å². The van der Waals surface area contributed by atoms with Gasteiger partial charge >= 0.3 is 6.03 Å². The predicted molar refractivity (Wildman–Crippen MR) is 96.9 cm³/mol. The normalized spacial score (nSPS) is 11.2. The lowest BCUT2D eigenvalue weighted by atomic mass is 10.3. The molecular formula is C16H16N4O3S2. The molecule has 0 bridgehead atoms. The van der Waals surface area contributed by atoms with Crippen LogP contribution in [-0.2, 0) is 16.4 Å². The first kappa shape index (κ1) is 17.2. The Morgan fingerprint density at radius 3 is 2.76 bits per heavy atom. The minimum atomic E-state index is -3.39. The highest BCUT2D eigenvalue weighted by Gasteiger charge is 2.15. The summed E-state index contributed by atoms with van der Waals surface area (Å²) in [5.41, 5.74) is 0.893. The third-order valence-electron chi connectivity index (χ3n) is 3.36. The fourth-order valence-electron chi connectivity index (χ4n) is 2.23. The Morgan fingerprint density at radius 2 is 2.04 bits per heavy atom. The van der Waals surface area contributed by atoms with Crippen LogP contribution in [0.2, 0.25) is 0 Å². The maximum atomic E-state index is 11.9. The molecule has 2 amide bonds. The van der Waals surface area contributed by atoms with Crippen LogP contribution in [0.5, 0.6) is 0 Å². The second-order valence-corrected chi connectivity index (χ2v) is 8.32. The van der Waals surface area contributed by atoms with E-state index in [1.165, 1.54) is 16.9 Å². The van der Waals surface area contributed by atoms with Gasteiger partial charge in [0.15, 0.2) is 9.84 Å². The van der Waals surface area contributed by atoms with Gasteiger partial charge in [0.25, 0.3) is 0 Å². The molecule has 2 aromatic heterocycles. The number of nitrogens with zero attached hydrogens (tertiary/aromatic N) is 2. The van der Waals surface area contributed by atoms with E-state index in [0.29, 0.717) is 17.9 Å². The third-order valence-corrected chi connectivity index (χ3v) is 5.38. The number of urea groups is 1. The van der Waals surface area contributed by atoms with Crippen molar-refractivity contribution in [1.82, 2.24) is 15.1 Å². The molecule has 25 heavy (non-hydrogen) atoms. The summed E-state index contributed by atoms with van der Waals surface area (Å²) in [5, 5.41) is 11.5. The second kappa shape index (κ2) is 7.08. The van der Waals surface area contributed by atoms with E-state index in [9.17, 15) is 13.2 Å². The smallest absolute Gasteiger partial charge is 0.319 e. The molecule has 0 fully saturated rings. The summed E-state index contributed by atoms with van der Waals surface area (Å²) < 4.78 is 25.2. The number of rotatable bonds is 5. The van der Waals surface area contributed by atoms with Gasteiger partial charge in [0.1, 0.15) is 0 Å². The number of thiophene rings is 1. The average Bonchev–Trinajstić information content (AvgIpc) is 3.24. The topological polar surface area (TPSA) is 93.1 Å². The number of carbonyl (C=O) groups excluding carboxylic acids is 1. The van der Waals surface area contributed by atoms with E-state index in [0.717, 1.165) is 11.1 Å². The lowest BCUT2D eigenvalue weighted by molar-refractivity contribution is 0.252.